The Labute approximate surface area is 117 Å². The Morgan fingerprint density at radius 2 is 2.00 bits per heavy atom. The molecule has 2 amide bonds. The zero-order valence-electron chi connectivity index (χ0n) is 11.1. The van der Waals surface area contributed by atoms with E-state index in [0.29, 0.717) is 24.6 Å². The number of carbonyl (C=O) groups excluding carboxylic acids is 1. The van der Waals surface area contributed by atoms with Gasteiger partial charge in [0.2, 0.25) is 0 Å². The molecular formula is C13H22N2O3S. The van der Waals surface area contributed by atoms with Crippen molar-refractivity contribution in [3.8, 4) is 0 Å². The van der Waals surface area contributed by atoms with Gasteiger partial charge in [0, 0.05) is 18.3 Å². The molecule has 0 radical (unpaired) electrons. The minimum absolute atomic E-state index is 0.237. The van der Waals surface area contributed by atoms with E-state index in [-0.39, 0.29) is 12.6 Å². The first kappa shape index (κ1) is 14.5. The lowest BCUT2D eigenvalue weighted by Crippen LogP contribution is -2.50. The maximum absolute atomic E-state index is 11.7. The van der Waals surface area contributed by atoms with E-state index < -0.39 is 11.4 Å². The number of carbonyl (C=O) groups is 2. The topological polar surface area (TPSA) is 78.4 Å². The lowest BCUT2D eigenvalue weighted by molar-refractivity contribution is -0.153. The van der Waals surface area contributed by atoms with Crippen molar-refractivity contribution in [2.24, 2.45) is 5.41 Å². The smallest absolute Gasteiger partial charge is 0.314 e. The second kappa shape index (κ2) is 6.50. The van der Waals surface area contributed by atoms with Crippen molar-refractivity contribution < 1.29 is 14.7 Å². The van der Waals surface area contributed by atoms with Crippen LogP contribution in [0, 0.1) is 5.41 Å². The molecule has 2 fully saturated rings. The first-order valence-electron chi connectivity index (χ1n) is 6.99. The number of carboxylic acid groups (broad SMARTS) is 1. The van der Waals surface area contributed by atoms with Gasteiger partial charge in [0.1, 0.15) is 0 Å². The van der Waals surface area contributed by atoms with Gasteiger partial charge in [-0.25, -0.2) is 4.79 Å². The molecule has 1 aliphatic carbocycles. The van der Waals surface area contributed by atoms with Crippen LogP contribution in [0.1, 0.15) is 38.5 Å². The van der Waals surface area contributed by atoms with Crippen molar-refractivity contribution in [2.45, 2.75) is 43.8 Å². The van der Waals surface area contributed by atoms with Gasteiger partial charge in [0.15, 0.2) is 0 Å². The molecule has 1 heterocycles. The molecule has 19 heavy (non-hydrogen) atoms. The molecule has 5 nitrogen and oxygen atoms in total. The Balaban J connectivity index is 1.65. The monoisotopic (exact) mass is 286 g/mol. The van der Waals surface area contributed by atoms with Gasteiger partial charge in [-0.1, -0.05) is 12.8 Å². The number of rotatable bonds is 5. The number of hydrogen-bond donors (Lipinski definition) is 3. The number of hydrogen-bond acceptors (Lipinski definition) is 3. The maximum Gasteiger partial charge on any atom is 0.314 e. The molecule has 108 valence electrons. The molecule has 1 atom stereocenters. The van der Waals surface area contributed by atoms with Gasteiger partial charge in [-0.05, 0) is 31.4 Å². The Morgan fingerprint density at radius 3 is 2.53 bits per heavy atom. The van der Waals surface area contributed by atoms with Gasteiger partial charge < -0.3 is 15.7 Å². The minimum Gasteiger partial charge on any atom is -0.481 e. The highest BCUT2D eigenvalue weighted by Gasteiger charge is 2.44. The van der Waals surface area contributed by atoms with E-state index in [4.69, 9.17) is 5.11 Å². The first-order chi connectivity index (χ1) is 9.12. The normalized spacial score (nSPS) is 25.2. The van der Waals surface area contributed by atoms with Gasteiger partial charge in [-0.15, -0.1) is 0 Å². The number of nitrogens with one attached hydrogen (secondary N) is 2. The summed E-state index contributed by atoms with van der Waals surface area (Å²) in [5, 5.41) is 15.2. The quantitative estimate of drug-likeness (QED) is 0.720. The molecule has 0 aromatic rings. The van der Waals surface area contributed by atoms with E-state index in [1.54, 1.807) is 0 Å². The summed E-state index contributed by atoms with van der Waals surface area (Å²) in [5.74, 6) is 0.387. The zero-order valence-corrected chi connectivity index (χ0v) is 11.9. The summed E-state index contributed by atoms with van der Waals surface area (Å²) in [4.78, 5) is 22.8. The summed E-state index contributed by atoms with van der Waals surface area (Å²) in [6.07, 6.45) is 5.94. The third kappa shape index (κ3) is 3.78. The molecule has 2 rings (SSSR count). The molecule has 0 aromatic heterocycles. The van der Waals surface area contributed by atoms with E-state index in [1.807, 2.05) is 11.8 Å². The van der Waals surface area contributed by atoms with Crippen LogP contribution >= 0.6 is 11.8 Å². The van der Waals surface area contributed by atoms with Crippen molar-refractivity contribution in [3.05, 3.63) is 0 Å². The van der Waals surface area contributed by atoms with Crippen LogP contribution in [-0.2, 0) is 4.79 Å². The van der Waals surface area contributed by atoms with Crippen LogP contribution in [0.2, 0.25) is 0 Å². The number of amides is 2. The minimum atomic E-state index is -0.790. The van der Waals surface area contributed by atoms with Crippen molar-refractivity contribution in [1.82, 2.24) is 10.6 Å². The molecule has 1 saturated carbocycles. The third-order valence-electron chi connectivity index (χ3n) is 4.12. The van der Waals surface area contributed by atoms with E-state index in [2.05, 4.69) is 10.6 Å². The van der Waals surface area contributed by atoms with Crippen LogP contribution in [0.5, 0.6) is 0 Å². The fraction of sp³-hybridized carbons (Fsp3) is 0.846. The molecule has 6 heteroatoms. The summed E-state index contributed by atoms with van der Waals surface area (Å²) >= 11 is 1.91. The summed E-state index contributed by atoms with van der Waals surface area (Å²) < 4.78 is 0. The molecular weight excluding hydrogens is 264 g/mol. The summed E-state index contributed by atoms with van der Waals surface area (Å²) in [5.41, 5.74) is -0.711. The van der Waals surface area contributed by atoms with Gasteiger partial charge in [-0.2, -0.15) is 11.8 Å². The van der Waals surface area contributed by atoms with E-state index >= 15 is 0 Å². The van der Waals surface area contributed by atoms with Crippen molar-refractivity contribution in [1.29, 1.82) is 0 Å². The van der Waals surface area contributed by atoms with Crippen molar-refractivity contribution >= 4 is 23.8 Å². The second-order valence-corrected chi connectivity index (χ2v) is 6.90. The molecule has 0 bridgehead atoms. The Morgan fingerprint density at radius 1 is 1.21 bits per heavy atom. The van der Waals surface area contributed by atoms with Gasteiger partial charge >= 0.3 is 12.0 Å². The molecule has 3 N–H and O–H groups in total. The Hall–Kier alpha value is -0.910. The van der Waals surface area contributed by atoms with Crippen LogP contribution in [0.15, 0.2) is 0 Å². The van der Waals surface area contributed by atoms with Crippen LogP contribution < -0.4 is 10.6 Å². The van der Waals surface area contributed by atoms with E-state index in [1.165, 1.54) is 18.6 Å². The number of urea groups is 1. The van der Waals surface area contributed by atoms with Gasteiger partial charge in [0.25, 0.3) is 0 Å². The Bertz CT molecular complexity index is 339. The van der Waals surface area contributed by atoms with Crippen LogP contribution in [0.3, 0.4) is 0 Å². The molecule has 1 aliphatic heterocycles. The van der Waals surface area contributed by atoms with Crippen LogP contribution in [-0.4, -0.2) is 41.2 Å². The zero-order chi connectivity index (χ0) is 13.7. The predicted molar refractivity (Wildman–Crippen MR) is 75.4 cm³/mol. The average molecular weight is 286 g/mol. The third-order valence-corrected chi connectivity index (χ3v) is 5.51. The highest BCUT2D eigenvalue weighted by molar-refractivity contribution is 7.99. The fourth-order valence-electron chi connectivity index (χ4n) is 2.56. The molecule has 1 saturated heterocycles. The van der Waals surface area contributed by atoms with E-state index in [9.17, 15) is 9.59 Å². The van der Waals surface area contributed by atoms with Crippen molar-refractivity contribution in [3.63, 3.8) is 0 Å². The Kier molecular flexibility index (Phi) is 4.96. The average Bonchev–Trinajstić information content (AvgIpc) is 2.36. The second-order valence-electron chi connectivity index (χ2n) is 5.49. The van der Waals surface area contributed by atoms with Crippen LogP contribution in [0.4, 0.5) is 4.79 Å². The largest absolute Gasteiger partial charge is 0.481 e. The number of thioether (sulfide) groups is 1. The lowest BCUT2D eigenvalue weighted by atomic mass is 9.69. The molecule has 1 unspecified atom stereocenters. The number of carboxylic acids is 1. The predicted octanol–water partition coefficient (Wildman–Crippen LogP) is 1.83. The molecule has 2 aliphatic rings. The first-order valence-corrected chi connectivity index (χ1v) is 8.04. The molecule has 0 aromatic carbocycles. The summed E-state index contributed by atoms with van der Waals surface area (Å²) in [7, 11) is 0. The maximum atomic E-state index is 11.7. The SMILES string of the molecule is O=C(NCC1CCCCS1)NCC1(C(=O)O)CCC1. The fourth-order valence-corrected chi connectivity index (χ4v) is 3.80. The van der Waals surface area contributed by atoms with Gasteiger partial charge in [0.05, 0.1) is 5.41 Å². The summed E-state index contributed by atoms with van der Waals surface area (Å²) in [6, 6.07) is -0.237. The summed E-state index contributed by atoms with van der Waals surface area (Å²) in [6.45, 7) is 0.919. The number of aliphatic carboxylic acids is 1. The molecule has 0 spiro atoms. The highest BCUT2D eigenvalue weighted by Crippen LogP contribution is 2.40. The van der Waals surface area contributed by atoms with Gasteiger partial charge in [-0.3, -0.25) is 4.79 Å². The van der Waals surface area contributed by atoms with E-state index in [0.717, 1.165) is 12.8 Å². The van der Waals surface area contributed by atoms with Crippen LogP contribution in [0.25, 0.3) is 0 Å². The standard InChI is InChI=1S/C13H22N2O3S/c16-11(17)13(5-3-6-13)9-15-12(18)14-8-10-4-1-2-7-19-10/h10H,1-9H2,(H,16,17)(H2,14,15,18). The lowest BCUT2D eigenvalue weighted by Gasteiger charge is -2.37. The van der Waals surface area contributed by atoms with Crippen molar-refractivity contribution in [2.75, 3.05) is 18.8 Å². The highest BCUT2D eigenvalue weighted by atomic mass is 32.2.